The minimum atomic E-state index is -4.84. The number of phenols is 1. The summed E-state index contributed by atoms with van der Waals surface area (Å²) in [5.41, 5.74) is 1.94. The van der Waals surface area contributed by atoms with Gasteiger partial charge >= 0.3 is 12.4 Å². The molecule has 1 aliphatic carbocycles. The maximum Gasteiger partial charge on any atom is 0.573 e. The molecule has 0 spiro atoms. The lowest BCUT2D eigenvalue weighted by Gasteiger charge is -2.10. The summed E-state index contributed by atoms with van der Waals surface area (Å²) >= 11 is 0. The van der Waals surface area contributed by atoms with Crippen LogP contribution in [-0.4, -0.2) is 33.2 Å². The standard InChI is InChI=1S/C28H22F4N4O4/c29-22-4-2-1-3-18(22)15-33-27(39)36-24(16-5-6-16)14-23(35-36)21-12-9-19(13-25(21)37)34-26(38)17-7-10-20(11-8-17)40-28(30,31)32/h1-4,7-14,16,37H,5-6,15H2,(H,33,39)(H,34,38). The van der Waals surface area contributed by atoms with Crippen molar-refractivity contribution in [3.8, 4) is 22.8 Å². The first kappa shape index (κ1) is 26.7. The van der Waals surface area contributed by atoms with Crippen LogP contribution in [0.1, 0.15) is 40.4 Å². The van der Waals surface area contributed by atoms with Gasteiger partial charge in [0.1, 0.15) is 17.3 Å². The van der Waals surface area contributed by atoms with Gasteiger partial charge in [0.15, 0.2) is 0 Å². The molecule has 4 aromatic rings. The van der Waals surface area contributed by atoms with Gasteiger partial charge in [-0.25, -0.2) is 9.18 Å². The highest BCUT2D eigenvalue weighted by Gasteiger charge is 2.32. The van der Waals surface area contributed by atoms with E-state index in [1.54, 1.807) is 24.3 Å². The van der Waals surface area contributed by atoms with E-state index in [1.807, 2.05) is 0 Å². The Morgan fingerprint density at radius 3 is 2.40 bits per heavy atom. The number of phenolic OH excluding ortho intramolecular Hbond substituents is 1. The lowest BCUT2D eigenvalue weighted by Crippen LogP contribution is -2.30. The van der Waals surface area contributed by atoms with Crippen LogP contribution in [0.25, 0.3) is 11.3 Å². The SMILES string of the molecule is O=C(Nc1ccc(-c2cc(C3CC3)n(C(=O)NCc3ccccc3F)n2)c(O)c1)c1ccc(OC(F)(F)F)cc1. The number of halogens is 4. The van der Waals surface area contributed by atoms with E-state index in [4.69, 9.17) is 0 Å². The number of alkyl halides is 3. The van der Waals surface area contributed by atoms with Crippen molar-refractivity contribution < 1.29 is 37.0 Å². The van der Waals surface area contributed by atoms with Crippen molar-refractivity contribution in [3.05, 3.63) is 95.4 Å². The van der Waals surface area contributed by atoms with Gasteiger partial charge in [0.25, 0.3) is 5.91 Å². The molecule has 8 nitrogen and oxygen atoms in total. The molecule has 0 radical (unpaired) electrons. The van der Waals surface area contributed by atoms with Gasteiger partial charge in [-0.05, 0) is 61.4 Å². The number of amides is 2. The molecule has 1 heterocycles. The van der Waals surface area contributed by atoms with E-state index in [0.29, 0.717) is 22.5 Å². The van der Waals surface area contributed by atoms with E-state index in [9.17, 15) is 32.3 Å². The van der Waals surface area contributed by atoms with Gasteiger partial charge in [-0.1, -0.05) is 18.2 Å². The van der Waals surface area contributed by atoms with E-state index >= 15 is 0 Å². The summed E-state index contributed by atoms with van der Waals surface area (Å²) in [5.74, 6) is -1.59. The quantitative estimate of drug-likeness (QED) is 0.237. The Balaban J connectivity index is 1.29. The average Bonchev–Trinajstić information content (AvgIpc) is 3.66. The molecule has 5 rings (SSSR count). The maximum atomic E-state index is 13.9. The van der Waals surface area contributed by atoms with Crippen molar-refractivity contribution >= 4 is 17.6 Å². The van der Waals surface area contributed by atoms with Crippen molar-refractivity contribution in [3.63, 3.8) is 0 Å². The fourth-order valence-corrected chi connectivity index (χ4v) is 4.08. The number of nitrogens with one attached hydrogen (secondary N) is 2. The molecule has 0 saturated heterocycles. The van der Waals surface area contributed by atoms with E-state index in [2.05, 4.69) is 20.5 Å². The summed E-state index contributed by atoms with van der Waals surface area (Å²) < 4.78 is 56.0. The molecule has 3 aromatic carbocycles. The van der Waals surface area contributed by atoms with Crippen molar-refractivity contribution in [1.29, 1.82) is 0 Å². The van der Waals surface area contributed by atoms with Crippen LogP contribution < -0.4 is 15.4 Å². The van der Waals surface area contributed by atoms with Gasteiger partial charge in [0.2, 0.25) is 0 Å². The van der Waals surface area contributed by atoms with Crippen LogP contribution in [0, 0.1) is 5.82 Å². The predicted molar refractivity (Wildman–Crippen MR) is 136 cm³/mol. The summed E-state index contributed by atoms with van der Waals surface area (Å²) in [4.78, 5) is 25.4. The lowest BCUT2D eigenvalue weighted by molar-refractivity contribution is -0.274. The normalized spacial score (nSPS) is 13.1. The zero-order valence-electron chi connectivity index (χ0n) is 20.7. The van der Waals surface area contributed by atoms with Gasteiger partial charge in [-0.3, -0.25) is 4.79 Å². The Kier molecular flexibility index (Phi) is 7.16. The van der Waals surface area contributed by atoms with Crippen LogP contribution in [0.4, 0.5) is 28.0 Å². The molecule has 0 atom stereocenters. The zero-order chi connectivity index (χ0) is 28.4. The van der Waals surface area contributed by atoms with Crippen LogP contribution >= 0.6 is 0 Å². The molecule has 3 N–H and O–H groups in total. The third-order valence-corrected chi connectivity index (χ3v) is 6.19. The fourth-order valence-electron chi connectivity index (χ4n) is 4.08. The summed E-state index contributed by atoms with van der Waals surface area (Å²) in [5, 5.41) is 20.3. The second-order valence-corrected chi connectivity index (χ2v) is 9.15. The zero-order valence-corrected chi connectivity index (χ0v) is 20.7. The Hall–Kier alpha value is -4.87. The molecular weight excluding hydrogens is 532 g/mol. The third kappa shape index (κ3) is 6.22. The van der Waals surface area contributed by atoms with Crippen LogP contribution in [-0.2, 0) is 6.54 Å². The number of aromatic nitrogens is 2. The monoisotopic (exact) mass is 554 g/mol. The van der Waals surface area contributed by atoms with E-state index in [1.165, 1.54) is 41.1 Å². The maximum absolute atomic E-state index is 13.9. The highest BCUT2D eigenvalue weighted by atomic mass is 19.4. The Labute approximate surface area is 225 Å². The van der Waals surface area contributed by atoms with Crippen LogP contribution in [0.3, 0.4) is 0 Å². The number of nitrogens with zero attached hydrogens (tertiary/aromatic N) is 2. The molecule has 1 aliphatic rings. The molecule has 40 heavy (non-hydrogen) atoms. The molecule has 0 unspecified atom stereocenters. The van der Waals surface area contributed by atoms with Crippen molar-refractivity contribution in [2.75, 3.05) is 5.32 Å². The number of ether oxygens (including phenoxy) is 1. The Morgan fingerprint density at radius 1 is 1.02 bits per heavy atom. The summed E-state index contributed by atoms with van der Waals surface area (Å²) in [6.45, 7) is -0.0253. The number of anilines is 1. The largest absolute Gasteiger partial charge is 0.573 e. The average molecular weight is 555 g/mol. The molecule has 2 amide bonds. The van der Waals surface area contributed by atoms with Crippen LogP contribution in [0.2, 0.25) is 0 Å². The van der Waals surface area contributed by atoms with Crippen molar-refractivity contribution in [1.82, 2.24) is 15.1 Å². The van der Waals surface area contributed by atoms with Gasteiger partial charge < -0.3 is 20.5 Å². The molecule has 1 saturated carbocycles. The lowest BCUT2D eigenvalue weighted by atomic mass is 10.1. The number of rotatable bonds is 7. The molecule has 1 fully saturated rings. The smallest absolute Gasteiger partial charge is 0.507 e. The molecule has 0 aliphatic heterocycles. The number of aromatic hydroxyl groups is 1. The van der Waals surface area contributed by atoms with Crippen LogP contribution in [0.5, 0.6) is 11.5 Å². The van der Waals surface area contributed by atoms with E-state index < -0.39 is 29.9 Å². The van der Waals surface area contributed by atoms with E-state index in [0.717, 1.165) is 25.0 Å². The molecule has 0 bridgehead atoms. The van der Waals surface area contributed by atoms with Gasteiger partial charge in [-0.2, -0.15) is 9.78 Å². The highest BCUT2D eigenvalue weighted by molar-refractivity contribution is 6.04. The Morgan fingerprint density at radius 2 is 1.75 bits per heavy atom. The second-order valence-electron chi connectivity index (χ2n) is 9.15. The summed E-state index contributed by atoms with van der Waals surface area (Å²) in [6.07, 6.45) is -3.08. The predicted octanol–water partition coefficient (Wildman–Crippen LogP) is 6.18. The summed E-state index contributed by atoms with van der Waals surface area (Å²) in [6, 6.07) is 16.0. The third-order valence-electron chi connectivity index (χ3n) is 6.19. The number of carbonyl (C=O) groups excluding carboxylic acids is 2. The molecule has 206 valence electrons. The fraction of sp³-hybridized carbons (Fsp3) is 0.179. The van der Waals surface area contributed by atoms with Gasteiger partial charge in [-0.15, -0.1) is 13.2 Å². The highest BCUT2D eigenvalue weighted by Crippen LogP contribution is 2.42. The summed E-state index contributed by atoms with van der Waals surface area (Å²) in [7, 11) is 0. The Bertz CT molecular complexity index is 1560. The second kappa shape index (κ2) is 10.7. The van der Waals surface area contributed by atoms with Gasteiger partial charge in [0.05, 0.1) is 11.4 Å². The number of carbonyl (C=O) groups is 2. The van der Waals surface area contributed by atoms with Gasteiger partial charge in [0, 0.05) is 40.9 Å². The van der Waals surface area contributed by atoms with Crippen molar-refractivity contribution in [2.24, 2.45) is 0 Å². The first-order chi connectivity index (χ1) is 19.1. The molecular formula is C28H22F4N4O4. The number of hydrogen-bond acceptors (Lipinski definition) is 5. The molecule has 1 aromatic heterocycles. The van der Waals surface area contributed by atoms with Crippen LogP contribution in [0.15, 0.2) is 72.8 Å². The minimum Gasteiger partial charge on any atom is -0.507 e. The number of hydrogen-bond donors (Lipinski definition) is 3. The topological polar surface area (TPSA) is 105 Å². The first-order valence-corrected chi connectivity index (χ1v) is 12.2. The van der Waals surface area contributed by atoms with E-state index in [-0.39, 0.29) is 29.5 Å². The minimum absolute atomic E-state index is 0.0253. The van der Waals surface area contributed by atoms with Crippen molar-refractivity contribution in [2.45, 2.75) is 31.7 Å². The molecule has 12 heteroatoms. The first-order valence-electron chi connectivity index (χ1n) is 12.2. The number of benzene rings is 3.